The number of aromatic nitrogens is 1. The zero-order valence-electron chi connectivity index (χ0n) is 16.1. The summed E-state index contributed by atoms with van der Waals surface area (Å²) in [5.74, 6) is 0.0973. The van der Waals surface area contributed by atoms with E-state index in [2.05, 4.69) is 19.2 Å². The maximum absolute atomic E-state index is 12.8. The Morgan fingerprint density at radius 3 is 2.30 bits per heavy atom. The van der Waals surface area contributed by atoms with E-state index in [-0.39, 0.29) is 10.8 Å². The van der Waals surface area contributed by atoms with E-state index in [0.717, 1.165) is 19.3 Å². The molecule has 0 spiro atoms. The van der Waals surface area contributed by atoms with Gasteiger partial charge in [0.1, 0.15) is 10.6 Å². The average molecular weight is 390 g/mol. The largest absolute Gasteiger partial charge is 0.345 e. The molecule has 27 heavy (non-hydrogen) atoms. The first-order valence-corrected chi connectivity index (χ1v) is 10.8. The van der Waals surface area contributed by atoms with Gasteiger partial charge in [0.05, 0.1) is 0 Å². The van der Waals surface area contributed by atoms with Crippen LogP contribution in [0.1, 0.15) is 55.1 Å². The van der Waals surface area contributed by atoms with E-state index in [1.54, 1.807) is 11.6 Å². The highest BCUT2D eigenvalue weighted by atomic mass is 32.2. The Balaban J connectivity index is 1.78. The van der Waals surface area contributed by atoms with E-state index < -0.39 is 10.0 Å². The van der Waals surface area contributed by atoms with Gasteiger partial charge in [0.15, 0.2) is 0 Å². The molecule has 146 valence electrons. The van der Waals surface area contributed by atoms with Gasteiger partial charge in [0.2, 0.25) is 10.0 Å². The fraction of sp³-hybridized carbons (Fsp3) is 0.450. The number of hydrogen-bond acceptors (Lipinski definition) is 3. The number of carbonyl (C=O) groups is 1. The molecule has 1 saturated heterocycles. The summed E-state index contributed by atoms with van der Waals surface area (Å²) in [6, 6.07) is 9.15. The molecule has 3 rings (SSSR count). The second-order valence-corrected chi connectivity index (χ2v) is 9.31. The minimum absolute atomic E-state index is 0.173. The highest BCUT2D eigenvalue weighted by Gasteiger charge is 2.28. The molecular formula is C20H27N3O3S. The van der Waals surface area contributed by atoms with Gasteiger partial charge in [-0.05, 0) is 42.5 Å². The molecule has 1 aromatic carbocycles. The van der Waals surface area contributed by atoms with E-state index in [1.165, 1.54) is 22.1 Å². The molecule has 2 heterocycles. The summed E-state index contributed by atoms with van der Waals surface area (Å²) in [5.41, 5.74) is 2.20. The third kappa shape index (κ3) is 4.25. The van der Waals surface area contributed by atoms with Crippen molar-refractivity contribution in [1.82, 2.24) is 8.87 Å². The molecule has 7 heteroatoms. The molecule has 1 N–H and O–H groups in total. The number of amides is 1. The lowest BCUT2D eigenvalue weighted by molar-refractivity contribution is 0.101. The Labute approximate surface area is 161 Å². The smallest absolute Gasteiger partial charge is 0.272 e. The first kappa shape index (κ1) is 19.6. The zero-order valence-corrected chi connectivity index (χ0v) is 16.9. The molecule has 0 bridgehead atoms. The van der Waals surface area contributed by atoms with E-state index in [4.69, 9.17) is 0 Å². The predicted octanol–water partition coefficient (Wildman–Crippen LogP) is 3.58. The Hall–Kier alpha value is -2.12. The lowest BCUT2D eigenvalue weighted by atomic mass is 10.0. The maximum Gasteiger partial charge on any atom is 0.272 e. The van der Waals surface area contributed by atoms with Gasteiger partial charge in [-0.3, -0.25) is 4.79 Å². The summed E-state index contributed by atoms with van der Waals surface area (Å²) in [4.78, 5) is 12.8. The fourth-order valence-corrected chi connectivity index (χ4v) is 4.89. The van der Waals surface area contributed by atoms with Gasteiger partial charge in [-0.2, -0.15) is 4.31 Å². The van der Waals surface area contributed by atoms with Crippen LogP contribution in [0.3, 0.4) is 0 Å². The van der Waals surface area contributed by atoms with Crippen LogP contribution in [0, 0.1) is 0 Å². The quantitative estimate of drug-likeness (QED) is 0.850. The number of rotatable bonds is 5. The Morgan fingerprint density at radius 2 is 1.70 bits per heavy atom. The van der Waals surface area contributed by atoms with Crippen LogP contribution in [0.15, 0.2) is 41.4 Å². The monoisotopic (exact) mass is 389 g/mol. The van der Waals surface area contributed by atoms with E-state index in [1.807, 2.05) is 24.3 Å². The molecule has 0 radical (unpaired) electrons. The van der Waals surface area contributed by atoms with Gasteiger partial charge < -0.3 is 9.88 Å². The normalized spacial score (nSPS) is 15.9. The number of nitrogens with zero attached hydrogens (tertiary/aromatic N) is 2. The van der Waals surface area contributed by atoms with Crippen LogP contribution in [0.25, 0.3) is 0 Å². The maximum atomic E-state index is 12.8. The standard InChI is InChI=1S/C20H27N3O3S/c1-15(2)16-7-9-17(10-8-16)21-20(24)19-13-18(14-22(19)3)27(25,26)23-11-5-4-6-12-23/h7-10,13-15H,4-6,11-12H2,1-3H3,(H,21,24). The zero-order chi connectivity index (χ0) is 19.6. The summed E-state index contributed by atoms with van der Waals surface area (Å²) in [6.45, 7) is 5.31. The number of sulfonamides is 1. The minimum atomic E-state index is -3.55. The van der Waals surface area contributed by atoms with Crippen LogP contribution < -0.4 is 5.32 Å². The molecule has 1 amide bonds. The summed E-state index contributed by atoms with van der Waals surface area (Å²) >= 11 is 0. The molecule has 1 fully saturated rings. The summed E-state index contributed by atoms with van der Waals surface area (Å²) in [5, 5.41) is 2.84. The third-order valence-corrected chi connectivity index (χ3v) is 6.86. The Kier molecular flexibility index (Phi) is 5.72. The van der Waals surface area contributed by atoms with Gasteiger partial charge in [-0.15, -0.1) is 0 Å². The van der Waals surface area contributed by atoms with Crippen LogP contribution in [-0.2, 0) is 17.1 Å². The van der Waals surface area contributed by atoms with E-state index in [9.17, 15) is 13.2 Å². The van der Waals surface area contributed by atoms with E-state index >= 15 is 0 Å². The summed E-state index contributed by atoms with van der Waals surface area (Å²) < 4.78 is 28.7. The predicted molar refractivity (Wildman–Crippen MR) is 107 cm³/mol. The van der Waals surface area contributed by atoms with Crippen molar-refractivity contribution in [3.05, 3.63) is 47.8 Å². The van der Waals surface area contributed by atoms with Crippen molar-refractivity contribution in [2.75, 3.05) is 18.4 Å². The molecule has 1 aliphatic heterocycles. The Bertz CT molecular complexity index is 908. The summed E-state index contributed by atoms with van der Waals surface area (Å²) in [7, 11) is -1.87. The van der Waals surface area contributed by atoms with Gasteiger partial charge in [-0.1, -0.05) is 32.4 Å². The first-order valence-electron chi connectivity index (χ1n) is 9.37. The number of nitrogens with one attached hydrogen (secondary N) is 1. The number of hydrogen-bond donors (Lipinski definition) is 1. The van der Waals surface area contributed by atoms with Gasteiger partial charge in [0, 0.05) is 32.0 Å². The number of benzene rings is 1. The average Bonchev–Trinajstić information content (AvgIpc) is 3.05. The molecule has 0 atom stereocenters. The minimum Gasteiger partial charge on any atom is -0.345 e. The van der Waals surface area contributed by atoms with Crippen molar-refractivity contribution >= 4 is 21.6 Å². The molecule has 1 aliphatic rings. The molecule has 0 unspecified atom stereocenters. The molecule has 6 nitrogen and oxygen atoms in total. The van der Waals surface area contributed by atoms with Crippen LogP contribution in [0.2, 0.25) is 0 Å². The number of anilines is 1. The summed E-state index contributed by atoms with van der Waals surface area (Å²) in [6.07, 6.45) is 4.34. The molecular weight excluding hydrogens is 362 g/mol. The number of carbonyl (C=O) groups excluding carboxylic acids is 1. The molecule has 0 saturated carbocycles. The fourth-order valence-electron chi connectivity index (χ4n) is 3.30. The van der Waals surface area contributed by atoms with Crippen LogP contribution in [0.5, 0.6) is 0 Å². The highest BCUT2D eigenvalue weighted by Crippen LogP contribution is 2.23. The van der Waals surface area contributed by atoms with Crippen molar-refractivity contribution < 1.29 is 13.2 Å². The van der Waals surface area contributed by atoms with Crippen LogP contribution >= 0.6 is 0 Å². The SMILES string of the molecule is CC(C)c1ccc(NC(=O)c2cc(S(=O)(=O)N3CCCCC3)cn2C)cc1. The lowest BCUT2D eigenvalue weighted by Gasteiger charge is -2.25. The van der Waals surface area contributed by atoms with Crippen molar-refractivity contribution in [2.45, 2.75) is 43.9 Å². The topological polar surface area (TPSA) is 71.4 Å². The van der Waals surface area contributed by atoms with Crippen LogP contribution in [-0.4, -0.2) is 36.3 Å². The number of aryl methyl sites for hydroxylation is 1. The van der Waals surface area contributed by atoms with Gasteiger partial charge >= 0.3 is 0 Å². The van der Waals surface area contributed by atoms with Crippen molar-refractivity contribution in [2.24, 2.45) is 7.05 Å². The second kappa shape index (κ2) is 7.86. The first-order chi connectivity index (χ1) is 12.8. The number of piperidine rings is 1. The van der Waals surface area contributed by atoms with Crippen molar-refractivity contribution in [1.29, 1.82) is 0 Å². The van der Waals surface area contributed by atoms with Crippen molar-refractivity contribution in [3.63, 3.8) is 0 Å². The van der Waals surface area contributed by atoms with E-state index in [0.29, 0.717) is 30.4 Å². The molecule has 1 aromatic heterocycles. The molecule has 0 aliphatic carbocycles. The Morgan fingerprint density at radius 1 is 1.07 bits per heavy atom. The third-order valence-electron chi connectivity index (χ3n) is 5.00. The highest BCUT2D eigenvalue weighted by molar-refractivity contribution is 7.89. The van der Waals surface area contributed by atoms with Crippen molar-refractivity contribution in [3.8, 4) is 0 Å². The lowest BCUT2D eigenvalue weighted by Crippen LogP contribution is -2.35. The van der Waals surface area contributed by atoms with Gasteiger partial charge in [0.25, 0.3) is 5.91 Å². The second-order valence-electron chi connectivity index (χ2n) is 7.37. The molecule has 2 aromatic rings. The van der Waals surface area contributed by atoms with Gasteiger partial charge in [-0.25, -0.2) is 8.42 Å². The van der Waals surface area contributed by atoms with Crippen LogP contribution in [0.4, 0.5) is 5.69 Å².